The Labute approximate surface area is 209 Å². The van der Waals surface area contributed by atoms with Crippen LogP contribution >= 0.6 is 0 Å². The van der Waals surface area contributed by atoms with Gasteiger partial charge in [0.15, 0.2) is 18.1 Å². The summed E-state index contributed by atoms with van der Waals surface area (Å²) in [4.78, 5) is 24.1. The zero-order chi connectivity index (χ0) is 25.8. The molecule has 0 aliphatic heterocycles. The second kappa shape index (κ2) is 13.1. The van der Waals surface area contributed by atoms with Crippen LogP contribution in [-0.4, -0.2) is 43.8 Å². The van der Waals surface area contributed by atoms with Gasteiger partial charge in [-0.2, -0.15) is 5.26 Å². The number of esters is 1. The number of ether oxygens (including phenoxy) is 4. The quantitative estimate of drug-likeness (QED) is 0.267. The van der Waals surface area contributed by atoms with Crippen LogP contribution < -0.4 is 19.5 Å². The first-order valence-corrected chi connectivity index (χ1v) is 11.8. The molecule has 1 fully saturated rings. The highest BCUT2D eigenvalue weighted by molar-refractivity contribution is 5.89. The number of hydrogen-bond acceptors (Lipinski definition) is 7. The molecular weight excluding hydrogens is 467 g/mol. The zero-order valence-corrected chi connectivity index (χ0v) is 20.1. The molecule has 1 aliphatic rings. The predicted molar refractivity (Wildman–Crippen MR) is 130 cm³/mol. The van der Waals surface area contributed by atoms with Gasteiger partial charge < -0.3 is 24.3 Å². The third kappa shape index (κ3) is 8.01. The maximum absolute atomic E-state index is 13.0. The number of nitrogens with zero attached hydrogens (tertiary/aromatic N) is 1. The van der Waals surface area contributed by atoms with E-state index in [0.29, 0.717) is 42.3 Å². The Morgan fingerprint density at radius 1 is 1.06 bits per heavy atom. The summed E-state index contributed by atoms with van der Waals surface area (Å²) in [6, 6.07) is 13.0. The minimum atomic E-state index is -0.855. The van der Waals surface area contributed by atoms with E-state index in [-0.39, 0.29) is 19.0 Å². The van der Waals surface area contributed by atoms with Gasteiger partial charge in [0, 0.05) is 6.08 Å². The van der Waals surface area contributed by atoms with Gasteiger partial charge in [-0.1, -0.05) is 6.07 Å². The maximum Gasteiger partial charge on any atom is 0.331 e. The Bertz CT molecular complexity index is 1100. The van der Waals surface area contributed by atoms with Crippen LogP contribution in [0.2, 0.25) is 0 Å². The maximum atomic E-state index is 13.0. The van der Waals surface area contributed by atoms with E-state index >= 15 is 0 Å². The third-order valence-corrected chi connectivity index (χ3v) is 5.50. The first-order chi connectivity index (χ1) is 17.4. The molecule has 0 atom stereocenters. The summed E-state index contributed by atoms with van der Waals surface area (Å²) in [5, 5.41) is 12.0. The fourth-order valence-corrected chi connectivity index (χ4v) is 3.75. The molecule has 0 aromatic heterocycles. The lowest BCUT2D eigenvalue weighted by Gasteiger charge is -2.21. The van der Waals surface area contributed by atoms with E-state index in [1.54, 1.807) is 18.2 Å². The van der Waals surface area contributed by atoms with Gasteiger partial charge in [0.05, 0.1) is 12.7 Å². The summed E-state index contributed by atoms with van der Waals surface area (Å²) in [5.41, 5.74) is -0.185. The zero-order valence-electron chi connectivity index (χ0n) is 20.1. The largest absolute Gasteiger partial charge is 0.490 e. The summed E-state index contributed by atoms with van der Waals surface area (Å²) in [6.07, 6.45) is 5.73. The summed E-state index contributed by atoms with van der Waals surface area (Å²) < 4.78 is 34.9. The molecule has 1 amide bonds. The van der Waals surface area contributed by atoms with Gasteiger partial charge in [-0.3, -0.25) is 4.79 Å². The van der Waals surface area contributed by atoms with Crippen molar-refractivity contribution in [3.05, 3.63) is 59.9 Å². The van der Waals surface area contributed by atoms with Crippen molar-refractivity contribution in [2.45, 2.75) is 38.1 Å². The summed E-state index contributed by atoms with van der Waals surface area (Å²) >= 11 is 0. The van der Waals surface area contributed by atoms with Gasteiger partial charge in [0.2, 0.25) is 0 Å². The number of carbonyl (C=O) groups is 2. The van der Waals surface area contributed by atoms with Gasteiger partial charge in [0.25, 0.3) is 5.91 Å². The Hall–Kier alpha value is -4.06. The number of benzene rings is 2. The number of halogens is 1. The summed E-state index contributed by atoms with van der Waals surface area (Å²) in [7, 11) is 0. The number of hydrogen-bond donors (Lipinski definition) is 1. The van der Waals surface area contributed by atoms with Crippen molar-refractivity contribution >= 4 is 18.0 Å². The van der Waals surface area contributed by atoms with Crippen LogP contribution in [-0.2, 0) is 14.3 Å². The van der Waals surface area contributed by atoms with E-state index in [0.717, 1.165) is 12.8 Å². The lowest BCUT2D eigenvalue weighted by Crippen LogP contribution is -2.46. The first kappa shape index (κ1) is 26.5. The molecule has 1 N–H and O–H groups in total. The minimum absolute atomic E-state index is 0.244. The van der Waals surface area contributed by atoms with Crippen molar-refractivity contribution in [3.8, 4) is 23.3 Å². The van der Waals surface area contributed by atoms with Crippen LogP contribution in [0.25, 0.3) is 6.08 Å². The highest BCUT2D eigenvalue weighted by atomic mass is 19.1. The fraction of sp³-hybridized carbons (Fsp3) is 0.370. The molecule has 190 valence electrons. The molecule has 3 rings (SSSR count). The minimum Gasteiger partial charge on any atom is -0.490 e. The predicted octanol–water partition coefficient (Wildman–Crippen LogP) is 4.19. The second-order valence-corrected chi connectivity index (χ2v) is 8.18. The van der Waals surface area contributed by atoms with Crippen LogP contribution in [0.1, 0.15) is 38.2 Å². The second-order valence-electron chi connectivity index (χ2n) is 8.18. The number of carbonyl (C=O) groups excluding carboxylic acids is 2. The van der Waals surface area contributed by atoms with Crippen LogP contribution in [0.15, 0.2) is 48.5 Å². The monoisotopic (exact) mass is 496 g/mol. The van der Waals surface area contributed by atoms with Crippen molar-refractivity contribution < 1.29 is 32.9 Å². The Balaban J connectivity index is 1.47. The third-order valence-electron chi connectivity index (χ3n) is 5.50. The molecule has 2 aromatic rings. The van der Waals surface area contributed by atoms with Crippen LogP contribution in [0, 0.1) is 17.1 Å². The first-order valence-electron chi connectivity index (χ1n) is 11.8. The molecule has 0 bridgehead atoms. The molecule has 8 nitrogen and oxygen atoms in total. The van der Waals surface area contributed by atoms with Gasteiger partial charge in [-0.15, -0.1) is 0 Å². The normalized spacial score (nSPS) is 14.1. The lowest BCUT2D eigenvalue weighted by atomic mass is 10.00. The highest BCUT2D eigenvalue weighted by Crippen LogP contribution is 2.30. The molecule has 0 unspecified atom stereocenters. The Morgan fingerprint density at radius 2 is 1.78 bits per heavy atom. The van der Waals surface area contributed by atoms with E-state index in [1.165, 1.54) is 36.4 Å². The molecule has 36 heavy (non-hydrogen) atoms. The molecule has 2 aromatic carbocycles. The van der Waals surface area contributed by atoms with Crippen LogP contribution in [0.4, 0.5) is 4.39 Å². The van der Waals surface area contributed by atoms with Crippen molar-refractivity contribution in [1.82, 2.24) is 5.32 Å². The van der Waals surface area contributed by atoms with E-state index in [2.05, 4.69) is 11.4 Å². The molecule has 0 saturated heterocycles. The Kier molecular flexibility index (Phi) is 9.69. The summed E-state index contributed by atoms with van der Waals surface area (Å²) in [6.45, 7) is 2.30. The van der Waals surface area contributed by atoms with E-state index in [1.807, 2.05) is 6.92 Å². The van der Waals surface area contributed by atoms with Crippen molar-refractivity contribution in [3.63, 3.8) is 0 Å². The molecule has 1 saturated carbocycles. The Morgan fingerprint density at radius 3 is 2.47 bits per heavy atom. The average Bonchev–Trinajstić information content (AvgIpc) is 3.35. The van der Waals surface area contributed by atoms with Crippen molar-refractivity contribution in [2.75, 3.05) is 26.4 Å². The number of amides is 1. The number of nitriles is 1. The molecule has 9 heteroatoms. The SMILES string of the molecule is CCOc1cc(/C=C/C(=O)OCC(=O)NC2(C#N)CCCC2)ccc1OCCOc1ccc(F)cc1. The van der Waals surface area contributed by atoms with Gasteiger partial charge in [-0.25, -0.2) is 9.18 Å². The number of nitrogens with one attached hydrogen (secondary N) is 1. The number of rotatable bonds is 12. The van der Waals surface area contributed by atoms with Crippen LogP contribution in [0.5, 0.6) is 17.2 Å². The van der Waals surface area contributed by atoms with E-state index < -0.39 is 24.0 Å². The molecule has 0 spiro atoms. The molecule has 0 heterocycles. The molecule has 1 aliphatic carbocycles. The fourth-order valence-electron chi connectivity index (χ4n) is 3.75. The van der Waals surface area contributed by atoms with Gasteiger partial charge >= 0.3 is 5.97 Å². The van der Waals surface area contributed by atoms with Gasteiger partial charge in [0.1, 0.15) is 30.3 Å². The summed E-state index contributed by atoms with van der Waals surface area (Å²) in [5.74, 6) is 0.0306. The van der Waals surface area contributed by atoms with Crippen LogP contribution in [0.3, 0.4) is 0 Å². The van der Waals surface area contributed by atoms with Gasteiger partial charge in [-0.05, 0) is 80.6 Å². The molecular formula is C27H29FN2O6. The smallest absolute Gasteiger partial charge is 0.331 e. The van der Waals surface area contributed by atoms with Crippen molar-refractivity contribution in [2.24, 2.45) is 0 Å². The topological polar surface area (TPSA) is 107 Å². The lowest BCUT2D eigenvalue weighted by molar-refractivity contribution is -0.144. The molecule has 0 radical (unpaired) electrons. The van der Waals surface area contributed by atoms with E-state index in [4.69, 9.17) is 18.9 Å². The highest BCUT2D eigenvalue weighted by Gasteiger charge is 2.35. The van der Waals surface area contributed by atoms with E-state index in [9.17, 15) is 19.2 Å². The average molecular weight is 497 g/mol. The van der Waals surface area contributed by atoms with Crippen molar-refractivity contribution in [1.29, 1.82) is 5.26 Å². The standard InChI is InChI=1S/C27H29FN2O6/c1-2-33-24-17-20(5-11-23(24)35-16-15-34-22-9-7-21(28)8-10-22)6-12-26(32)36-18-25(31)30-27(19-29)13-3-4-14-27/h5-12,17H,2-4,13-16,18H2,1H3,(H,30,31)/b12-6+.